The summed E-state index contributed by atoms with van der Waals surface area (Å²) in [6.45, 7) is 5.25. The van der Waals surface area contributed by atoms with Crippen LogP contribution in [0.5, 0.6) is 0 Å². The Hall–Kier alpha value is -1.50. The third-order valence-electron chi connectivity index (χ3n) is 3.36. The number of halogens is 2. The van der Waals surface area contributed by atoms with Crippen LogP contribution < -0.4 is 4.72 Å². The molecule has 0 aromatic heterocycles. The van der Waals surface area contributed by atoms with Gasteiger partial charge in [-0.05, 0) is 41.5 Å². The Labute approximate surface area is 129 Å². The van der Waals surface area contributed by atoms with Gasteiger partial charge in [-0.3, -0.25) is 9.52 Å². The largest absolute Gasteiger partial charge is 0.274 e. The number of benzene rings is 1. The van der Waals surface area contributed by atoms with Gasteiger partial charge < -0.3 is 0 Å². The summed E-state index contributed by atoms with van der Waals surface area (Å²) in [5.74, 6) is -3.11. The third-order valence-corrected chi connectivity index (χ3v) is 5.12. The summed E-state index contributed by atoms with van der Waals surface area (Å²) in [4.78, 5) is 12.0. The molecule has 1 saturated carbocycles. The van der Waals surface area contributed by atoms with Crippen LogP contribution in [-0.4, -0.2) is 20.1 Å². The van der Waals surface area contributed by atoms with Crippen molar-refractivity contribution >= 4 is 15.9 Å². The van der Waals surface area contributed by atoms with Gasteiger partial charge in [-0.25, -0.2) is 17.2 Å². The average molecular weight is 331 g/mol. The second-order valence-electron chi connectivity index (χ2n) is 6.90. The van der Waals surface area contributed by atoms with Crippen LogP contribution in [0.4, 0.5) is 8.78 Å². The molecule has 0 saturated heterocycles. The zero-order valence-corrected chi connectivity index (χ0v) is 13.5. The Balaban J connectivity index is 2.04. The van der Waals surface area contributed by atoms with Crippen molar-refractivity contribution in [3.8, 4) is 0 Å². The summed E-state index contributed by atoms with van der Waals surface area (Å²) < 4.78 is 52.6. The van der Waals surface area contributed by atoms with E-state index >= 15 is 0 Å². The minimum Gasteiger partial charge on any atom is -0.274 e. The zero-order valence-electron chi connectivity index (χ0n) is 12.7. The molecule has 0 bridgehead atoms. The molecule has 4 nitrogen and oxygen atoms in total. The van der Waals surface area contributed by atoms with Crippen LogP contribution in [0.3, 0.4) is 0 Å². The van der Waals surface area contributed by atoms with E-state index in [0.29, 0.717) is 6.42 Å². The van der Waals surface area contributed by atoms with Crippen LogP contribution in [0.2, 0.25) is 0 Å². The first-order valence-electron chi connectivity index (χ1n) is 6.98. The van der Waals surface area contributed by atoms with E-state index in [1.54, 1.807) is 20.8 Å². The lowest BCUT2D eigenvalue weighted by molar-refractivity contribution is -0.120. The molecule has 1 aromatic carbocycles. The molecule has 22 heavy (non-hydrogen) atoms. The van der Waals surface area contributed by atoms with E-state index in [4.69, 9.17) is 0 Å². The van der Waals surface area contributed by atoms with E-state index in [-0.39, 0.29) is 11.3 Å². The third kappa shape index (κ3) is 4.25. The second kappa shape index (κ2) is 5.61. The topological polar surface area (TPSA) is 63.2 Å². The molecule has 1 aliphatic carbocycles. The zero-order chi connectivity index (χ0) is 16.7. The van der Waals surface area contributed by atoms with Gasteiger partial charge in [0.2, 0.25) is 15.9 Å². The van der Waals surface area contributed by atoms with Gasteiger partial charge in [0.15, 0.2) is 0 Å². The number of rotatable bonds is 4. The van der Waals surface area contributed by atoms with E-state index in [0.717, 1.165) is 18.2 Å². The number of sulfonamides is 1. The summed E-state index contributed by atoms with van der Waals surface area (Å²) in [6, 6.07) is 3.06. The Morgan fingerprint density at radius 3 is 2.55 bits per heavy atom. The first-order chi connectivity index (χ1) is 9.98. The standard InChI is InChI=1S/C15H19F2NO3S/c1-15(2,3)8-22(20,21)18-14(19)12-7-10(12)11-6-9(16)4-5-13(11)17/h4-6,10,12H,7-8H2,1-3H3,(H,18,19)/t10-,12+/m0/s1. The molecule has 0 unspecified atom stereocenters. The minimum atomic E-state index is -3.73. The molecule has 1 N–H and O–H groups in total. The highest BCUT2D eigenvalue weighted by molar-refractivity contribution is 7.90. The molecule has 0 spiro atoms. The molecular formula is C15H19F2NO3S. The van der Waals surface area contributed by atoms with Crippen molar-refractivity contribution in [2.45, 2.75) is 33.1 Å². The Morgan fingerprint density at radius 1 is 1.32 bits per heavy atom. The molecule has 1 fully saturated rings. The highest BCUT2D eigenvalue weighted by Gasteiger charge is 2.46. The maximum absolute atomic E-state index is 13.6. The fourth-order valence-corrected chi connectivity index (χ4v) is 4.13. The monoisotopic (exact) mass is 331 g/mol. The molecule has 7 heteroatoms. The van der Waals surface area contributed by atoms with Gasteiger partial charge in [0, 0.05) is 5.92 Å². The predicted molar refractivity (Wildman–Crippen MR) is 78.6 cm³/mol. The second-order valence-corrected chi connectivity index (χ2v) is 8.62. The van der Waals surface area contributed by atoms with Crippen LogP contribution in [0.25, 0.3) is 0 Å². The lowest BCUT2D eigenvalue weighted by atomic mass is 10.0. The van der Waals surface area contributed by atoms with Crippen molar-refractivity contribution in [3.63, 3.8) is 0 Å². The average Bonchev–Trinajstić information content (AvgIpc) is 3.08. The molecule has 0 aliphatic heterocycles. The van der Waals surface area contributed by atoms with Gasteiger partial charge in [-0.15, -0.1) is 0 Å². The van der Waals surface area contributed by atoms with E-state index < -0.39 is 44.8 Å². The van der Waals surface area contributed by atoms with E-state index in [2.05, 4.69) is 0 Å². The first kappa shape index (κ1) is 16.9. The Morgan fingerprint density at radius 2 is 1.95 bits per heavy atom. The molecule has 0 heterocycles. The summed E-state index contributed by atoms with van der Waals surface area (Å²) in [5, 5.41) is 0. The van der Waals surface area contributed by atoms with Crippen molar-refractivity contribution in [1.29, 1.82) is 0 Å². The van der Waals surface area contributed by atoms with Crippen LogP contribution >= 0.6 is 0 Å². The number of hydrogen-bond acceptors (Lipinski definition) is 3. The smallest absolute Gasteiger partial charge is 0.237 e. The summed E-state index contributed by atoms with van der Waals surface area (Å²) in [7, 11) is -3.73. The lowest BCUT2D eigenvalue weighted by Gasteiger charge is -2.18. The first-order valence-corrected chi connectivity index (χ1v) is 8.63. The summed E-state index contributed by atoms with van der Waals surface area (Å²) in [6.07, 6.45) is 0.317. The van der Waals surface area contributed by atoms with Gasteiger partial charge in [-0.2, -0.15) is 0 Å². The number of amides is 1. The van der Waals surface area contributed by atoms with Crippen LogP contribution in [0.15, 0.2) is 18.2 Å². The number of nitrogens with one attached hydrogen (secondary N) is 1. The maximum atomic E-state index is 13.6. The predicted octanol–water partition coefficient (Wildman–Crippen LogP) is 2.56. The lowest BCUT2D eigenvalue weighted by Crippen LogP contribution is -2.37. The van der Waals surface area contributed by atoms with Crippen molar-refractivity contribution in [2.75, 3.05) is 5.75 Å². The molecule has 2 atom stereocenters. The summed E-state index contributed by atoms with van der Waals surface area (Å²) in [5.41, 5.74) is -0.364. The van der Waals surface area contributed by atoms with Crippen molar-refractivity contribution in [2.24, 2.45) is 11.3 Å². The van der Waals surface area contributed by atoms with E-state index in [9.17, 15) is 22.0 Å². The molecular weight excluding hydrogens is 312 g/mol. The van der Waals surface area contributed by atoms with Crippen LogP contribution in [0.1, 0.15) is 38.7 Å². The van der Waals surface area contributed by atoms with E-state index in [1.807, 2.05) is 4.72 Å². The van der Waals surface area contributed by atoms with Crippen molar-refractivity contribution in [3.05, 3.63) is 35.4 Å². The number of hydrogen-bond donors (Lipinski definition) is 1. The maximum Gasteiger partial charge on any atom is 0.237 e. The van der Waals surface area contributed by atoms with Gasteiger partial charge in [0.1, 0.15) is 11.6 Å². The van der Waals surface area contributed by atoms with Gasteiger partial charge >= 0.3 is 0 Å². The van der Waals surface area contributed by atoms with Crippen LogP contribution in [-0.2, 0) is 14.8 Å². The normalized spacial score (nSPS) is 21.5. The quantitative estimate of drug-likeness (QED) is 0.922. The van der Waals surface area contributed by atoms with Gasteiger partial charge in [-0.1, -0.05) is 20.8 Å². The highest BCUT2D eigenvalue weighted by Crippen LogP contribution is 2.48. The fourth-order valence-electron chi connectivity index (χ4n) is 2.46. The Bertz CT molecular complexity index is 695. The van der Waals surface area contributed by atoms with E-state index in [1.165, 1.54) is 0 Å². The molecule has 122 valence electrons. The van der Waals surface area contributed by atoms with Gasteiger partial charge in [0.05, 0.1) is 5.75 Å². The van der Waals surface area contributed by atoms with Crippen LogP contribution in [0, 0.1) is 23.0 Å². The fraction of sp³-hybridized carbons (Fsp3) is 0.533. The molecule has 0 radical (unpaired) electrons. The Kier molecular flexibility index (Phi) is 4.30. The highest BCUT2D eigenvalue weighted by atomic mass is 32.2. The molecule has 1 aromatic rings. The molecule has 1 amide bonds. The molecule has 2 rings (SSSR count). The molecule has 1 aliphatic rings. The SMILES string of the molecule is CC(C)(C)CS(=O)(=O)NC(=O)[C@@H]1C[C@H]1c1cc(F)ccc1F. The number of carbonyl (C=O) groups excluding carboxylic acids is 1. The van der Waals surface area contributed by atoms with Gasteiger partial charge in [0.25, 0.3) is 0 Å². The van der Waals surface area contributed by atoms with Crippen molar-refractivity contribution < 1.29 is 22.0 Å². The minimum absolute atomic E-state index is 0.119. The number of carbonyl (C=O) groups is 1. The summed E-state index contributed by atoms with van der Waals surface area (Å²) >= 11 is 0. The van der Waals surface area contributed by atoms with Crippen molar-refractivity contribution in [1.82, 2.24) is 4.72 Å².